The van der Waals surface area contributed by atoms with Crippen molar-refractivity contribution < 1.29 is 62.3 Å². The van der Waals surface area contributed by atoms with Crippen LogP contribution >= 0.6 is 0 Å². The van der Waals surface area contributed by atoms with Gasteiger partial charge in [0.1, 0.15) is 29.0 Å². The number of cyclic esters (lactones) is 1. The molecule has 5 aliphatic rings. The number of ketones is 1. The summed E-state index contributed by atoms with van der Waals surface area (Å²) in [4.78, 5) is 83.3. The Kier molecular flexibility index (Phi) is 9.28. The molecular weight excluding hydrogens is 700 g/mol. The van der Waals surface area contributed by atoms with Crippen molar-refractivity contribution in [1.82, 2.24) is 0 Å². The Hall–Kier alpha value is -4.62. The molecule has 7 rings (SSSR count). The summed E-state index contributed by atoms with van der Waals surface area (Å²) < 4.78 is 37.5. The molecule has 2 aromatic carbocycles. The van der Waals surface area contributed by atoms with E-state index in [4.69, 9.17) is 28.4 Å². The van der Waals surface area contributed by atoms with Gasteiger partial charge in [0.15, 0.2) is 18.0 Å². The van der Waals surface area contributed by atoms with Crippen LogP contribution in [0.3, 0.4) is 0 Å². The number of ether oxygens (including phenoxy) is 6. The van der Waals surface area contributed by atoms with Gasteiger partial charge in [-0.25, -0.2) is 9.59 Å². The number of carbonyl (C=O) groups excluding carboxylic acids is 6. The van der Waals surface area contributed by atoms with Gasteiger partial charge in [0, 0.05) is 31.1 Å². The van der Waals surface area contributed by atoms with Crippen LogP contribution < -0.4 is 0 Å². The molecule has 0 spiro atoms. The second-order valence-electron chi connectivity index (χ2n) is 16.2. The minimum Gasteiger partial charge on any atom is -0.462 e. The summed E-state index contributed by atoms with van der Waals surface area (Å²) in [5.74, 6) is -9.08. The third-order valence-corrected chi connectivity index (χ3v) is 12.6. The Labute approximate surface area is 312 Å². The predicted molar refractivity (Wildman–Crippen MR) is 186 cm³/mol. The molecule has 288 valence electrons. The average molecular weight is 747 g/mol. The number of benzene rings is 2. The molecule has 5 fully saturated rings. The van der Waals surface area contributed by atoms with Crippen molar-refractivity contribution in [3.63, 3.8) is 0 Å². The Balaban J connectivity index is 1.51. The van der Waals surface area contributed by atoms with Crippen LogP contribution in [-0.2, 0) is 47.6 Å². The second kappa shape index (κ2) is 13.3. The normalized spacial score (nSPS) is 38.8. The van der Waals surface area contributed by atoms with Crippen molar-refractivity contribution in [2.75, 3.05) is 6.61 Å². The molecule has 3 aliphatic carbocycles. The first-order valence-electron chi connectivity index (χ1n) is 18.5. The number of carbonyl (C=O) groups is 6. The molecule has 0 amide bonds. The van der Waals surface area contributed by atoms with Crippen molar-refractivity contribution in [2.24, 2.45) is 35.0 Å². The van der Waals surface area contributed by atoms with Gasteiger partial charge in [-0.05, 0) is 57.4 Å². The SMILES string of the molecule is CCC(=O)OC1C2(O)CC(C)C(OC(C)=O)C2C(OC(=O)c2ccccc2)C23COC1(C)C2C1C(CC(=O)OC1(C)C)C(OC(=O)c1ccccc1)C3=O. The zero-order chi connectivity index (χ0) is 39.0. The van der Waals surface area contributed by atoms with Crippen molar-refractivity contribution >= 4 is 35.6 Å². The fourth-order valence-electron chi connectivity index (χ4n) is 10.7. The summed E-state index contributed by atoms with van der Waals surface area (Å²) >= 11 is 0. The lowest BCUT2D eigenvalue weighted by Gasteiger charge is -2.58. The van der Waals surface area contributed by atoms with E-state index in [9.17, 15) is 29.1 Å². The molecule has 13 heteroatoms. The van der Waals surface area contributed by atoms with Gasteiger partial charge < -0.3 is 33.5 Å². The van der Waals surface area contributed by atoms with Crippen LogP contribution in [-0.4, -0.2) is 88.6 Å². The smallest absolute Gasteiger partial charge is 0.338 e. The van der Waals surface area contributed by atoms with Crippen molar-refractivity contribution in [2.45, 2.75) is 102 Å². The summed E-state index contributed by atoms with van der Waals surface area (Å²) in [6.45, 7) is 9.18. The molecule has 0 radical (unpaired) electrons. The quantitative estimate of drug-likeness (QED) is 0.318. The largest absolute Gasteiger partial charge is 0.462 e. The van der Waals surface area contributed by atoms with Crippen LogP contribution in [0.2, 0.25) is 0 Å². The van der Waals surface area contributed by atoms with Gasteiger partial charge in [0.2, 0.25) is 0 Å². The van der Waals surface area contributed by atoms with E-state index in [1.54, 1.807) is 71.0 Å². The second-order valence-corrected chi connectivity index (χ2v) is 16.2. The first kappa shape index (κ1) is 37.7. The molecule has 2 aliphatic heterocycles. The Morgan fingerprint density at radius 3 is 2.02 bits per heavy atom. The molecule has 2 heterocycles. The maximum atomic E-state index is 15.8. The van der Waals surface area contributed by atoms with E-state index in [0.717, 1.165) is 0 Å². The third-order valence-electron chi connectivity index (χ3n) is 12.6. The molecule has 3 saturated carbocycles. The standard InChI is InChI=1S/C41H46O13/c1-7-26(43)51-37-39(6)32-28-25(18-27(44)54-38(28,4)5)31(52-35(46)23-14-10-8-11-15-23)33(45)40(32,20-49-39)34(53-36(47)24-16-12-9-13-17-24)29-30(50-22(3)42)21(2)19-41(29,37)48/h8-17,21,25,28-32,34,37,48H,7,18-20H2,1-6H3. The summed E-state index contributed by atoms with van der Waals surface area (Å²) in [6, 6.07) is 16.2. The highest BCUT2D eigenvalue weighted by molar-refractivity contribution is 5.98. The first-order valence-corrected chi connectivity index (χ1v) is 18.5. The van der Waals surface area contributed by atoms with Gasteiger partial charge >= 0.3 is 29.8 Å². The van der Waals surface area contributed by atoms with E-state index in [1.165, 1.54) is 31.2 Å². The number of rotatable bonds is 7. The minimum atomic E-state index is -2.09. The molecule has 2 bridgehead atoms. The van der Waals surface area contributed by atoms with Crippen LogP contribution in [0.1, 0.15) is 81.5 Å². The number of hydrogen-bond donors (Lipinski definition) is 1. The molecule has 0 aromatic heterocycles. The maximum Gasteiger partial charge on any atom is 0.338 e. The lowest BCUT2D eigenvalue weighted by Crippen LogP contribution is -2.71. The fraction of sp³-hybridized carbons (Fsp3) is 0.561. The van der Waals surface area contributed by atoms with Crippen molar-refractivity contribution in [3.05, 3.63) is 71.8 Å². The number of aliphatic hydroxyl groups is 1. The van der Waals surface area contributed by atoms with Crippen molar-refractivity contribution in [1.29, 1.82) is 0 Å². The average Bonchev–Trinajstić information content (AvgIpc) is 3.55. The number of hydrogen-bond acceptors (Lipinski definition) is 13. The van der Waals surface area contributed by atoms with Gasteiger partial charge in [0.05, 0.1) is 35.5 Å². The van der Waals surface area contributed by atoms with Crippen LogP contribution in [0.15, 0.2) is 60.7 Å². The monoisotopic (exact) mass is 746 g/mol. The van der Waals surface area contributed by atoms with Gasteiger partial charge in [-0.3, -0.25) is 19.2 Å². The Morgan fingerprint density at radius 2 is 1.44 bits per heavy atom. The summed E-state index contributed by atoms with van der Waals surface area (Å²) in [6.07, 6.45) is -6.23. The molecule has 12 atom stereocenters. The van der Waals surface area contributed by atoms with Crippen LogP contribution in [0.5, 0.6) is 0 Å². The molecular formula is C41H46O13. The van der Waals surface area contributed by atoms with Gasteiger partial charge in [-0.15, -0.1) is 0 Å². The minimum absolute atomic E-state index is 0.0654. The van der Waals surface area contributed by atoms with E-state index in [-0.39, 0.29) is 30.4 Å². The Bertz CT molecular complexity index is 1860. The third kappa shape index (κ3) is 5.64. The number of esters is 5. The van der Waals surface area contributed by atoms with E-state index < -0.39 is 118 Å². The summed E-state index contributed by atoms with van der Waals surface area (Å²) in [5.41, 5.74) is -6.72. The lowest BCUT2D eigenvalue weighted by molar-refractivity contribution is -0.237. The van der Waals surface area contributed by atoms with Crippen LogP contribution in [0.4, 0.5) is 0 Å². The fourth-order valence-corrected chi connectivity index (χ4v) is 10.7. The summed E-state index contributed by atoms with van der Waals surface area (Å²) in [5, 5.41) is 13.2. The van der Waals surface area contributed by atoms with Crippen LogP contribution in [0, 0.1) is 35.0 Å². The molecule has 2 aromatic rings. The van der Waals surface area contributed by atoms with E-state index in [2.05, 4.69) is 0 Å². The lowest BCUT2D eigenvalue weighted by atomic mass is 9.47. The van der Waals surface area contributed by atoms with E-state index in [0.29, 0.717) is 0 Å². The van der Waals surface area contributed by atoms with Gasteiger partial charge in [-0.2, -0.15) is 0 Å². The highest BCUT2D eigenvalue weighted by Crippen LogP contribution is 2.70. The van der Waals surface area contributed by atoms with E-state index in [1.807, 2.05) is 0 Å². The zero-order valence-electron chi connectivity index (χ0n) is 31.1. The maximum absolute atomic E-state index is 15.8. The molecule has 12 unspecified atom stereocenters. The first-order chi connectivity index (χ1) is 25.5. The van der Waals surface area contributed by atoms with E-state index >= 15 is 4.79 Å². The highest BCUT2D eigenvalue weighted by Gasteiger charge is 2.84. The summed E-state index contributed by atoms with van der Waals surface area (Å²) in [7, 11) is 0. The van der Waals surface area contributed by atoms with Crippen molar-refractivity contribution in [3.8, 4) is 0 Å². The predicted octanol–water partition coefficient (Wildman–Crippen LogP) is 4.02. The molecule has 13 nitrogen and oxygen atoms in total. The van der Waals surface area contributed by atoms with Gasteiger partial charge in [-0.1, -0.05) is 50.2 Å². The Morgan fingerprint density at radius 1 is 0.852 bits per heavy atom. The number of fused-ring (bicyclic) bond motifs is 2. The number of Topliss-reactive ketones (excluding diaryl/α,β-unsaturated/α-hetero) is 1. The van der Waals surface area contributed by atoms with Gasteiger partial charge in [0.25, 0.3) is 0 Å². The van der Waals surface area contributed by atoms with Crippen LogP contribution in [0.25, 0.3) is 0 Å². The highest BCUT2D eigenvalue weighted by atomic mass is 16.6. The molecule has 54 heavy (non-hydrogen) atoms. The zero-order valence-corrected chi connectivity index (χ0v) is 31.1. The molecule has 2 saturated heterocycles. The topological polar surface area (TPSA) is 178 Å². The molecule has 1 N–H and O–H groups in total.